The fourth-order valence-corrected chi connectivity index (χ4v) is 2.53. The number of benzene rings is 1. The molecule has 0 aliphatic heterocycles. The molecule has 1 amide bonds. The van der Waals surface area contributed by atoms with Gasteiger partial charge in [-0.1, -0.05) is 6.07 Å². The maximum absolute atomic E-state index is 11.7. The van der Waals surface area contributed by atoms with E-state index in [2.05, 4.69) is 42.4 Å². The van der Waals surface area contributed by atoms with Crippen molar-refractivity contribution in [3.8, 4) is 5.75 Å². The Kier molecular flexibility index (Phi) is 5.79. The SMILES string of the molecule is Cc1ccc(OCC(=O)N/N=C\c2cc(Br)c(C)o2)c(Br)c1. The molecule has 1 N–H and O–H groups in total. The smallest absolute Gasteiger partial charge is 0.277 e. The van der Waals surface area contributed by atoms with Gasteiger partial charge in [0.1, 0.15) is 17.3 Å². The summed E-state index contributed by atoms with van der Waals surface area (Å²) < 4.78 is 12.4. The Bertz CT molecular complexity index is 691. The van der Waals surface area contributed by atoms with Gasteiger partial charge in [-0.3, -0.25) is 4.79 Å². The van der Waals surface area contributed by atoms with Gasteiger partial charge in [-0.2, -0.15) is 5.10 Å². The summed E-state index contributed by atoms with van der Waals surface area (Å²) in [6, 6.07) is 7.40. The maximum atomic E-state index is 11.7. The molecular formula is C15H14Br2N2O3. The molecule has 0 radical (unpaired) electrons. The highest BCUT2D eigenvalue weighted by Gasteiger charge is 2.06. The van der Waals surface area contributed by atoms with Gasteiger partial charge in [-0.05, 0) is 63.4 Å². The van der Waals surface area contributed by atoms with Gasteiger partial charge in [0.15, 0.2) is 6.61 Å². The minimum absolute atomic E-state index is 0.125. The Balaban J connectivity index is 1.83. The molecule has 2 rings (SSSR count). The van der Waals surface area contributed by atoms with E-state index in [1.165, 1.54) is 6.21 Å². The first kappa shape index (κ1) is 16.8. The fourth-order valence-electron chi connectivity index (χ4n) is 1.61. The van der Waals surface area contributed by atoms with E-state index < -0.39 is 0 Å². The van der Waals surface area contributed by atoms with E-state index in [0.29, 0.717) is 11.5 Å². The van der Waals surface area contributed by atoms with Crippen LogP contribution in [0.3, 0.4) is 0 Å². The Labute approximate surface area is 145 Å². The number of hydrazone groups is 1. The van der Waals surface area contributed by atoms with Gasteiger partial charge >= 0.3 is 0 Å². The molecule has 1 aromatic carbocycles. The molecule has 0 fully saturated rings. The minimum atomic E-state index is -0.355. The summed E-state index contributed by atoms with van der Waals surface area (Å²) in [5.74, 6) is 1.55. The quantitative estimate of drug-likeness (QED) is 0.578. The molecule has 0 saturated carbocycles. The van der Waals surface area contributed by atoms with E-state index in [1.807, 2.05) is 26.0 Å². The van der Waals surface area contributed by atoms with Gasteiger partial charge in [0.2, 0.25) is 0 Å². The summed E-state index contributed by atoms with van der Waals surface area (Å²) in [6.45, 7) is 3.68. The first-order valence-corrected chi connectivity index (χ1v) is 8.01. The predicted molar refractivity (Wildman–Crippen MR) is 91.3 cm³/mol. The summed E-state index contributed by atoms with van der Waals surface area (Å²) in [6.07, 6.45) is 1.43. The lowest BCUT2D eigenvalue weighted by molar-refractivity contribution is -0.123. The van der Waals surface area contributed by atoms with Gasteiger partial charge in [-0.25, -0.2) is 5.43 Å². The second-order valence-electron chi connectivity index (χ2n) is 4.57. The minimum Gasteiger partial charge on any atom is -0.483 e. The summed E-state index contributed by atoms with van der Waals surface area (Å²) in [7, 11) is 0. The number of nitrogens with one attached hydrogen (secondary N) is 1. The molecule has 0 saturated heterocycles. The van der Waals surface area contributed by atoms with Crippen molar-refractivity contribution >= 4 is 44.0 Å². The third-order valence-electron chi connectivity index (χ3n) is 2.70. The Hall–Kier alpha value is -1.60. The van der Waals surface area contributed by atoms with Crippen LogP contribution < -0.4 is 10.2 Å². The van der Waals surface area contributed by atoms with E-state index in [1.54, 1.807) is 12.1 Å². The molecule has 0 spiro atoms. The standard InChI is InChI=1S/C15H14Br2N2O3/c1-9-3-4-14(13(17)5-9)21-8-15(20)19-18-7-11-6-12(16)10(2)22-11/h3-7H,8H2,1-2H3,(H,19,20)/b18-7-. The third-order valence-corrected chi connectivity index (χ3v) is 4.11. The summed E-state index contributed by atoms with van der Waals surface area (Å²) >= 11 is 6.72. The molecule has 116 valence electrons. The van der Waals surface area contributed by atoms with Crippen LogP contribution in [0.15, 0.2) is 42.7 Å². The van der Waals surface area contributed by atoms with Crippen LogP contribution >= 0.6 is 31.9 Å². The predicted octanol–water partition coefficient (Wildman–Crippen LogP) is 3.95. The number of rotatable bonds is 5. The molecule has 0 aliphatic carbocycles. The zero-order valence-corrected chi connectivity index (χ0v) is 15.2. The lowest BCUT2D eigenvalue weighted by Gasteiger charge is -2.07. The van der Waals surface area contributed by atoms with E-state index in [4.69, 9.17) is 9.15 Å². The molecule has 0 atom stereocenters. The second kappa shape index (κ2) is 7.60. The van der Waals surface area contributed by atoms with Crippen molar-refractivity contribution in [2.45, 2.75) is 13.8 Å². The van der Waals surface area contributed by atoms with Crippen LogP contribution in [-0.2, 0) is 4.79 Å². The average Bonchev–Trinajstić information content (AvgIpc) is 2.76. The number of halogens is 2. The number of ether oxygens (including phenoxy) is 1. The van der Waals surface area contributed by atoms with Gasteiger partial charge in [0.25, 0.3) is 5.91 Å². The van der Waals surface area contributed by atoms with E-state index in [-0.39, 0.29) is 12.5 Å². The summed E-state index contributed by atoms with van der Waals surface area (Å²) in [5, 5.41) is 3.81. The van der Waals surface area contributed by atoms with E-state index in [9.17, 15) is 4.79 Å². The van der Waals surface area contributed by atoms with Crippen LogP contribution in [0, 0.1) is 13.8 Å². The van der Waals surface area contributed by atoms with Crippen LogP contribution in [0.5, 0.6) is 5.75 Å². The van der Waals surface area contributed by atoms with Gasteiger partial charge in [-0.15, -0.1) is 0 Å². The highest BCUT2D eigenvalue weighted by atomic mass is 79.9. The molecule has 2 aromatic rings. The van der Waals surface area contributed by atoms with Crippen molar-refractivity contribution in [2.75, 3.05) is 6.61 Å². The monoisotopic (exact) mass is 428 g/mol. The molecule has 1 heterocycles. The molecular weight excluding hydrogens is 416 g/mol. The first-order chi connectivity index (χ1) is 10.5. The van der Waals surface area contributed by atoms with E-state index >= 15 is 0 Å². The molecule has 7 heteroatoms. The average molecular weight is 430 g/mol. The third kappa shape index (κ3) is 4.71. The normalized spacial score (nSPS) is 10.9. The number of nitrogens with zero attached hydrogens (tertiary/aromatic N) is 1. The Morgan fingerprint density at radius 1 is 1.32 bits per heavy atom. The van der Waals surface area contributed by atoms with Crippen molar-refractivity contribution < 1.29 is 13.9 Å². The number of amides is 1. The molecule has 0 unspecified atom stereocenters. The highest BCUT2D eigenvalue weighted by molar-refractivity contribution is 9.10. The zero-order chi connectivity index (χ0) is 16.1. The van der Waals surface area contributed by atoms with Gasteiger partial charge in [0.05, 0.1) is 15.2 Å². The highest BCUT2D eigenvalue weighted by Crippen LogP contribution is 2.25. The number of furan rings is 1. The summed E-state index contributed by atoms with van der Waals surface area (Å²) in [5.41, 5.74) is 3.48. The first-order valence-electron chi connectivity index (χ1n) is 6.42. The largest absolute Gasteiger partial charge is 0.483 e. The van der Waals surface area contributed by atoms with Crippen molar-refractivity contribution in [3.05, 3.63) is 50.3 Å². The molecule has 5 nitrogen and oxygen atoms in total. The van der Waals surface area contributed by atoms with Crippen molar-refractivity contribution in [2.24, 2.45) is 5.10 Å². The Morgan fingerprint density at radius 2 is 2.09 bits per heavy atom. The van der Waals surface area contributed by atoms with Crippen molar-refractivity contribution in [3.63, 3.8) is 0 Å². The topological polar surface area (TPSA) is 63.8 Å². The number of hydrogen-bond acceptors (Lipinski definition) is 4. The number of carbonyl (C=O) groups excluding carboxylic acids is 1. The molecule has 0 bridgehead atoms. The fraction of sp³-hybridized carbons (Fsp3) is 0.200. The van der Waals surface area contributed by atoms with E-state index in [0.717, 1.165) is 20.3 Å². The molecule has 1 aromatic heterocycles. The second-order valence-corrected chi connectivity index (χ2v) is 6.28. The lowest BCUT2D eigenvalue weighted by Crippen LogP contribution is -2.24. The lowest BCUT2D eigenvalue weighted by atomic mass is 10.2. The van der Waals surface area contributed by atoms with Crippen LogP contribution in [0.2, 0.25) is 0 Å². The van der Waals surface area contributed by atoms with Crippen LogP contribution in [0.4, 0.5) is 0 Å². The maximum Gasteiger partial charge on any atom is 0.277 e. The Morgan fingerprint density at radius 3 is 2.73 bits per heavy atom. The zero-order valence-electron chi connectivity index (χ0n) is 12.0. The number of hydrogen-bond donors (Lipinski definition) is 1. The van der Waals surface area contributed by atoms with Crippen LogP contribution in [0.25, 0.3) is 0 Å². The van der Waals surface area contributed by atoms with Crippen LogP contribution in [0.1, 0.15) is 17.1 Å². The van der Waals surface area contributed by atoms with Crippen molar-refractivity contribution in [1.82, 2.24) is 5.43 Å². The summed E-state index contributed by atoms with van der Waals surface area (Å²) in [4.78, 5) is 11.7. The van der Waals surface area contributed by atoms with Gasteiger partial charge < -0.3 is 9.15 Å². The molecule has 22 heavy (non-hydrogen) atoms. The van der Waals surface area contributed by atoms with Gasteiger partial charge in [0, 0.05) is 6.07 Å². The number of carbonyl (C=O) groups is 1. The van der Waals surface area contributed by atoms with Crippen molar-refractivity contribution in [1.29, 1.82) is 0 Å². The molecule has 0 aliphatic rings. The number of aryl methyl sites for hydroxylation is 2. The van der Waals surface area contributed by atoms with Crippen LogP contribution in [-0.4, -0.2) is 18.7 Å².